The van der Waals surface area contributed by atoms with Gasteiger partial charge in [-0.05, 0) is 134 Å². The molecule has 68 heavy (non-hydrogen) atoms. The van der Waals surface area contributed by atoms with Crippen LogP contribution < -0.4 is 26.2 Å². The normalized spacial score (nSPS) is 13.6. The molecule has 0 N–H and O–H groups in total. The molecule has 2 aliphatic heterocycles. The van der Waals surface area contributed by atoms with Crippen molar-refractivity contribution in [1.82, 2.24) is 4.57 Å². The topological polar surface area (TPSA) is 37.7 Å². The number of para-hydroxylation sites is 3. The third-order valence-electron chi connectivity index (χ3n) is 14.8. The summed E-state index contributed by atoms with van der Waals surface area (Å²) in [5.41, 5.74) is 21.4. The smallest absolute Gasteiger partial charge is 0.252 e. The van der Waals surface area contributed by atoms with E-state index >= 15 is 0 Å². The van der Waals surface area contributed by atoms with Gasteiger partial charge < -0.3 is 23.2 Å². The summed E-state index contributed by atoms with van der Waals surface area (Å²) < 4.78 is 16.0. The van der Waals surface area contributed by atoms with E-state index in [1.54, 1.807) is 0 Å². The predicted octanol–water partition coefficient (Wildman–Crippen LogP) is 15.4. The molecular formula is C62H54BN3O2. The van der Waals surface area contributed by atoms with Crippen molar-refractivity contribution in [3.05, 3.63) is 180 Å². The minimum atomic E-state index is -0.167. The van der Waals surface area contributed by atoms with Gasteiger partial charge in [-0.2, -0.15) is 0 Å². The van der Waals surface area contributed by atoms with Gasteiger partial charge in [0.05, 0.1) is 16.6 Å². The van der Waals surface area contributed by atoms with Crippen molar-refractivity contribution in [3.8, 4) is 5.69 Å². The van der Waals surface area contributed by atoms with Gasteiger partial charge in [-0.1, -0.05) is 141 Å². The largest absolute Gasteiger partial charge is 0.456 e. The number of furan rings is 2. The van der Waals surface area contributed by atoms with Gasteiger partial charge in [0, 0.05) is 50.3 Å². The average molecular weight is 884 g/mol. The average Bonchev–Trinajstić information content (AvgIpc) is 3.99. The van der Waals surface area contributed by atoms with Crippen molar-refractivity contribution in [1.29, 1.82) is 0 Å². The van der Waals surface area contributed by atoms with Crippen LogP contribution in [0.5, 0.6) is 0 Å². The first-order valence-corrected chi connectivity index (χ1v) is 24.1. The Labute approximate surface area is 398 Å². The SMILES string of the molecule is CC(C)(C)c1ccc(N(c2ccc(C(C)(C)C)cc2)c2ccc3c(c2)N(c2cccc4oc5ccccc5c24)c2cc(C(C)(C)C)cc4c2B3c2cccc3c5oc6ccccc6c5n-4c23)cc1. The van der Waals surface area contributed by atoms with Gasteiger partial charge in [-0.25, -0.2) is 0 Å². The molecule has 2 aliphatic rings. The first-order chi connectivity index (χ1) is 32.6. The molecule has 6 heteroatoms. The molecule has 5 nitrogen and oxygen atoms in total. The van der Waals surface area contributed by atoms with Crippen LogP contribution in [0.25, 0.3) is 60.6 Å². The maximum absolute atomic E-state index is 6.83. The monoisotopic (exact) mass is 883 g/mol. The van der Waals surface area contributed by atoms with Gasteiger partial charge >= 0.3 is 0 Å². The molecule has 5 heterocycles. The number of hydrogen-bond donors (Lipinski definition) is 0. The third-order valence-corrected chi connectivity index (χ3v) is 14.8. The Morgan fingerprint density at radius 2 is 0.971 bits per heavy atom. The first kappa shape index (κ1) is 40.8. The van der Waals surface area contributed by atoms with Crippen LogP contribution in [0.4, 0.5) is 34.1 Å². The molecule has 0 bridgehead atoms. The molecule has 0 fully saturated rings. The first-order valence-electron chi connectivity index (χ1n) is 24.1. The Kier molecular flexibility index (Phi) is 8.43. The van der Waals surface area contributed by atoms with Crippen LogP contribution in [0, 0.1) is 0 Å². The molecule has 0 amide bonds. The third kappa shape index (κ3) is 5.89. The lowest BCUT2D eigenvalue weighted by Gasteiger charge is -2.42. The van der Waals surface area contributed by atoms with Crippen molar-refractivity contribution >= 4 is 112 Å². The Morgan fingerprint density at radius 3 is 1.63 bits per heavy atom. The molecule has 0 saturated carbocycles. The summed E-state index contributed by atoms with van der Waals surface area (Å²) in [6.07, 6.45) is 0. The van der Waals surface area contributed by atoms with Gasteiger partial charge in [0.25, 0.3) is 6.71 Å². The maximum Gasteiger partial charge on any atom is 0.252 e. The Bertz CT molecular complexity index is 3810. The van der Waals surface area contributed by atoms with E-state index in [1.807, 2.05) is 0 Å². The highest BCUT2D eigenvalue weighted by Gasteiger charge is 2.44. The Balaban J connectivity index is 1.15. The highest BCUT2D eigenvalue weighted by atomic mass is 16.3. The van der Waals surface area contributed by atoms with Crippen LogP contribution in [0.2, 0.25) is 0 Å². The lowest BCUT2D eigenvalue weighted by Crippen LogP contribution is -2.60. The van der Waals surface area contributed by atoms with E-state index in [1.165, 1.54) is 50.0 Å². The molecule has 11 aromatic rings. The second kappa shape index (κ2) is 14.1. The molecule has 332 valence electrons. The van der Waals surface area contributed by atoms with Crippen LogP contribution in [-0.4, -0.2) is 11.3 Å². The highest BCUT2D eigenvalue weighted by molar-refractivity contribution is 7.00. The second-order valence-electron chi connectivity index (χ2n) is 22.2. The van der Waals surface area contributed by atoms with E-state index < -0.39 is 0 Å². The minimum Gasteiger partial charge on any atom is -0.456 e. The van der Waals surface area contributed by atoms with Crippen LogP contribution in [0.3, 0.4) is 0 Å². The van der Waals surface area contributed by atoms with Crippen molar-refractivity contribution < 1.29 is 8.83 Å². The van der Waals surface area contributed by atoms with E-state index in [0.717, 1.165) is 77.8 Å². The summed E-state index contributed by atoms with van der Waals surface area (Å²) in [5.74, 6) is 0. The fourth-order valence-corrected chi connectivity index (χ4v) is 11.3. The Hall–Kier alpha value is -7.44. The van der Waals surface area contributed by atoms with Gasteiger partial charge in [-0.3, -0.25) is 0 Å². The maximum atomic E-state index is 6.83. The zero-order chi connectivity index (χ0) is 46.6. The Morgan fingerprint density at radius 1 is 0.412 bits per heavy atom. The minimum absolute atomic E-state index is 0.0266. The predicted molar refractivity (Wildman–Crippen MR) is 288 cm³/mol. The molecule has 0 aliphatic carbocycles. The van der Waals surface area contributed by atoms with Gasteiger partial charge in [0.2, 0.25) is 0 Å². The number of hydrogen-bond acceptors (Lipinski definition) is 4. The van der Waals surface area contributed by atoms with Crippen molar-refractivity contribution in [2.45, 2.75) is 78.6 Å². The molecule has 0 radical (unpaired) electrons. The quantitative estimate of drug-likeness (QED) is 0.165. The zero-order valence-corrected chi connectivity index (χ0v) is 40.3. The van der Waals surface area contributed by atoms with E-state index in [4.69, 9.17) is 8.83 Å². The fraction of sp³-hybridized carbons (Fsp3) is 0.194. The summed E-state index contributed by atoms with van der Waals surface area (Å²) in [4.78, 5) is 5.00. The van der Waals surface area contributed by atoms with Crippen molar-refractivity contribution in [3.63, 3.8) is 0 Å². The number of anilines is 6. The summed E-state index contributed by atoms with van der Waals surface area (Å²) in [5, 5.41) is 4.46. The number of nitrogens with zero attached hydrogens (tertiary/aromatic N) is 3. The van der Waals surface area contributed by atoms with Gasteiger partial charge in [0.1, 0.15) is 22.3 Å². The number of rotatable bonds is 4. The lowest BCUT2D eigenvalue weighted by molar-refractivity contribution is 0.590. The molecular weight excluding hydrogens is 830 g/mol. The molecule has 8 aromatic carbocycles. The fourth-order valence-electron chi connectivity index (χ4n) is 11.3. The zero-order valence-electron chi connectivity index (χ0n) is 40.3. The van der Waals surface area contributed by atoms with E-state index in [2.05, 4.69) is 240 Å². The molecule has 0 saturated heterocycles. The number of fused-ring (bicyclic) bond motifs is 12. The summed E-state index contributed by atoms with van der Waals surface area (Å²) >= 11 is 0. The van der Waals surface area contributed by atoms with Gasteiger partial charge in [-0.15, -0.1) is 0 Å². The summed E-state index contributed by atoms with van der Waals surface area (Å²) in [7, 11) is 0. The number of aromatic nitrogens is 1. The molecule has 0 unspecified atom stereocenters. The van der Waals surface area contributed by atoms with E-state index in [0.29, 0.717) is 0 Å². The van der Waals surface area contributed by atoms with E-state index in [9.17, 15) is 0 Å². The molecule has 3 aromatic heterocycles. The molecule has 13 rings (SSSR count). The standard InChI is InChI=1S/C62H54BN3O2/c1-60(2,3)37-24-28-40(29-25-37)64(41-30-26-38(27-31-41)61(4,5)6)42-32-33-46-49(36-42)65(48-20-15-23-54-55(48)43-16-10-12-21-52(43)67-54)50-34-39(62(7,8)9)35-51-56(50)63(46)47-19-14-18-45-57(47)66(51)58-44-17-11-13-22-53(44)68-59(45)58/h10-36H,1-9H3. The highest BCUT2D eigenvalue weighted by Crippen LogP contribution is 2.49. The van der Waals surface area contributed by atoms with Gasteiger partial charge in [0.15, 0.2) is 5.58 Å². The van der Waals surface area contributed by atoms with Crippen LogP contribution >= 0.6 is 0 Å². The van der Waals surface area contributed by atoms with E-state index in [-0.39, 0.29) is 23.0 Å². The van der Waals surface area contributed by atoms with Crippen molar-refractivity contribution in [2.24, 2.45) is 0 Å². The lowest BCUT2D eigenvalue weighted by atomic mass is 9.33. The molecule has 0 atom stereocenters. The van der Waals surface area contributed by atoms with Crippen LogP contribution in [-0.2, 0) is 16.2 Å². The summed E-state index contributed by atoms with van der Waals surface area (Å²) in [6, 6.07) is 60.9. The summed E-state index contributed by atoms with van der Waals surface area (Å²) in [6.45, 7) is 20.6. The number of benzene rings is 8. The van der Waals surface area contributed by atoms with Crippen LogP contribution in [0.15, 0.2) is 173 Å². The molecule has 0 spiro atoms. The van der Waals surface area contributed by atoms with Crippen molar-refractivity contribution in [2.75, 3.05) is 9.80 Å². The second-order valence-corrected chi connectivity index (χ2v) is 22.2. The van der Waals surface area contributed by atoms with Crippen LogP contribution in [0.1, 0.15) is 79.0 Å².